The summed E-state index contributed by atoms with van der Waals surface area (Å²) in [5.41, 5.74) is 0.824. The van der Waals surface area contributed by atoms with Crippen molar-refractivity contribution in [3.8, 4) is 11.5 Å². The fourth-order valence-electron chi connectivity index (χ4n) is 2.61. The van der Waals surface area contributed by atoms with E-state index in [1.54, 1.807) is 18.3 Å². The lowest BCUT2D eigenvalue weighted by atomic mass is 10.2. The lowest BCUT2D eigenvalue weighted by Crippen LogP contribution is -2.21. The van der Waals surface area contributed by atoms with Crippen molar-refractivity contribution in [2.24, 2.45) is 0 Å². The van der Waals surface area contributed by atoms with E-state index in [2.05, 4.69) is 22.2 Å². The molecule has 28 heavy (non-hydrogen) atoms. The topological polar surface area (TPSA) is 67.4 Å². The van der Waals surface area contributed by atoms with Gasteiger partial charge in [0.2, 0.25) is 0 Å². The van der Waals surface area contributed by atoms with E-state index in [9.17, 15) is 4.79 Å². The van der Waals surface area contributed by atoms with Crippen molar-refractivity contribution in [2.45, 2.75) is 19.8 Å². The van der Waals surface area contributed by atoms with E-state index >= 15 is 0 Å². The number of aromatic nitrogens is 2. The first-order chi connectivity index (χ1) is 13.7. The molecule has 144 valence electrons. The molecule has 0 atom stereocenters. The standard InChI is InChI=1S/C22H24N4O2/c1-3-4-14-26(2)21-16-23-19(15-24-21)22(27)25-18-12-8-9-13-20(18)28-17-10-6-5-7-11-17/h5-13,15-16H,3-4,14H2,1-2H3,(H,25,27). The number of rotatable bonds is 8. The number of ether oxygens (including phenoxy) is 1. The van der Waals surface area contributed by atoms with E-state index in [0.29, 0.717) is 17.2 Å². The molecule has 1 heterocycles. The zero-order valence-electron chi connectivity index (χ0n) is 16.1. The van der Waals surface area contributed by atoms with Gasteiger partial charge in [-0.2, -0.15) is 0 Å². The van der Waals surface area contributed by atoms with Crippen LogP contribution in [-0.4, -0.2) is 29.5 Å². The monoisotopic (exact) mass is 376 g/mol. The van der Waals surface area contributed by atoms with Crippen LogP contribution in [0.1, 0.15) is 30.3 Å². The van der Waals surface area contributed by atoms with Gasteiger partial charge in [-0.15, -0.1) is 0 Å². The minimum atomic E-state index is -0.334. The van der Waals surface area contributed by atoms with Crippen LogP contribution in [0.15, 0.2) is 67.0 Å². The number of benzene rings is 2. The van der Waals surface area contributed by atoms with Crippen LogP contribution in [0.25, 0.3) is 0 Å². The smallest absolute Gasteiger partial charge is 0.275 e. The molecule has 2 aromatic carbocycles. The Labute approximate surface area is 165 Å². The lowest BCUT2D eigenvalue weighted by molar-refractivity contribution is 0.102. The number of hydrogen-bond acceptors (Lipinski definition) is 5. The Hall–Kier alpha value is -3.41. The van der Waals surface area contributed by atoms with Crippen molar-refractivity contribution in [3.63, 3.8) is 0 Å². The number of nitrogens with zero attached hydrogens (tertiary/aromatic N) is 3. The number of hydrogen-bond donors (Lipinski definition) is 1. The molecule has 1 N–H and O–H groups in total. The van der Waals surface area contributed by atoms with Crippen LogP contribution in [0.2, 0.25) is 0 Å². The number of nitrogens with one attached hydrogen (secondary N) is 1. The van der Waals surface area contributed by atoms with E-state index in [-0.39, 0.29) is 11.6 Å². The minimum Gasteiger partial charge on any atom is -0.455 e. The van der Waals surface area contributed by atoms with Crippen molar-refractivity contribution >= 4 is 17.4 Å². The van der Waals surface area contributed by atoms with Crippen LogP contribution in [0.4, 0.5) is 11.5 Å². The van der Waals surface area contributed by atoms with Crippen LogP contribution < -0.4 is 15.0 Å². The number of anilines is 2. The lowest BCUT2D eigenvalue weighted by Gasteiger charge is -2.17. The second-order valence-corrected chi connectivity index (χ2v) is 6.40. The summed E-state index contributed by atoms with van der Waals surface area (Å²) in [6, 6.07) is 16.7. The van der Waals surface area contributed by atoms with Gasteiger partial charge >= 0.3 is 0 Å². The Kier molecular flexibility index (Phi) is 6.57. The summed E-state index contributed by atoms with van der Waals surface area (Å²) in [5, 5.41) is 2.85. The van der Waals surface area contributed by atoms with Crippen molar-refractivity contribution in [1.82, 2.24) is 9.97 Å². The highest BCUT2D eigenvalue weighted by Crippen LogP contribution is 2.29. The largest absolute Gasteiger partial charge is 0.455 e. The van der Waals surface area contributed by atoms with Gasteiger partial charge in [0.1, 0.15) is 17.3 Å². The molecular weight excluding hydrogens is 352 g/mol. The molecule has 0 spiro atoms. The predicted octanol–water partition coefficient (Wildman–Crippen LogP) is 4.76. The molecule has 0 aliphatic carbocycles. The van der Waals surface area contributed by atoms with Gasteiger partial charge in [-0.3, -0.25) is 4.79 Å². The normalized spacial score (nSPS) is 10.4. The first kappa shape index (κ1) is 19.4. The van der Waals surface area contributed by atoms with Crippen LogP contribution in [0, 0.1) is 0 Å². The van der Waals surface area contributed by atoms with Gasteiger partial charge in [0.25, 0.3) is 5.91 Å². The molecule has 0 bridgehead atoms. The van der Waals surface area contributed by atoms with Gasteiger partial charge in [0.15, 0.2) is 5.75 Å². The Balaban J connectivity index is 1.69. The van der Waals surface area contributed by atoms with E-state index in [1.807, 2.05) is 54.4 Å². The van der Waals surface area contributed by atoms with Crippen molar-refractivity contribution in [3.05, 3.63) is 72.7 Å². The SMILES string of the molecule is CCCCN(C)c1cnc(C(=O)Nc2ccccc2Oc2ccccc2)cn1. The Morgan fingerprint density at radius 3 is 2.50 bits per heavy atom. The molecule has 0 saturated heterocycles. The minimum absolute atomic E-state index is 0.252. The molecule has 3 rings (SSSR count). The molecule has 6 heteroatoms. The summed E-state index contributed by atoms with van der Waals surface area (Å²) in [7, 11) is 1.97. The first-order valence-corrected chi connectivity index (χ1v) is 9.34. The summed E-state index contributed by atoms with van der Waals surface area (Å²) >= 11 is 0. The van der Waals surface area contributed by atoms with Crippen LogP contribution in [-0.2, 0) is 0 Å². The molecule has 0 fully saturated rings. The van der Waals surface area contributed by atoms with E-state index in [4.69, 9.17) is 4.74 Å². The third-order valence-electron chi connectivity index (χ3n) is 4.22. The molecule has 1 amide bonds. The molecular formula is C22H24N4O2. The fourth-order valence-corrected chi connectivity index (χ4v) is 2.61. The van der Waals surface area contributed by atoms with Gasteiger partial charge in [0, 0.05) is 13.6 Å². The first-order valence-electron chi connectivity index (χ1n) is 9.34. The maximum absolute atomic E-state index is 12.6. The number of unbranched alkanes of at least 4 members (excludes halogenated alkanes) is 1. The number of amides is 1. The Morgan fingerprint density at radius 2 is 1.79 bits per heavy atom. The number of carbonyl (C=O) groups excluding carboxylic acids is 1. The molecule has 0 unspecified atom stereocenters. The number of carbonyl (C=O) groups is 1. The van der Waals surface area contributed by atoms with Crippen LogP contribution in [0.3, 0.4) is 0 Å². The van der Waals surface area contributed by atoms with E-state index in [1.165, 1.54) is 6.20 Å². The van der Waals surface area contributed by atoms with Gasteiger partial charge in [-0.05, 0) is 30.7 Å². The molecule has 6 nitrogen and oxygen atoms in total. The molecule has 0 saturated carbocycles. The van der Waals surface area contributed by atoms with Gasteiger partial charge in [-0.1, -0.05) is 43.7 Å². The molecule has 0 aliphatic heterocycles. The maximum Gasteiger partial charge on any atom is 0.275 e. The van der Waals surface area contributed by atoms with Gasteiger partial charge < -0.3 is 15.0 Å². The average molecular weight is 376 g/mol. The summed E-state index contributed by atoms with van der Waals surface area (Å²) < 4.78 is 5.88. The Morgan fingerprint density at radius 1 is 1.04 bits per heavy atom. The average Bonchev–Trinajstić information content (AvgIpc) is 2.74. The van der Waals surface area contributed by atoms with Gasteiger partial charge in [0.05, 0.1) is 18.1 Å². The van der Waals surface area contributed by atoms with E-state index in [0.717, 1.165) is 25.2 Å². The quantitative estimate of drug-likeness (QED) is 0.614. The number of para-hydroxylation sites is 3. The Bertz CT molecular complexity index is 898. The zero-order chi connectivity index (χ0) is 19.8. The molecule has 1 aromatic heterocycles. The van der Waals surface area contributed by atoms with Crippen molar-refractivity contribution in [2.75, 3.05) is 23.8 Å². The summed E-state index contributed by atoms with van der Waals surface area (Å²) in [4.78, 5) is 23.2. The van der Waals surface area contributed by atoms with Crippen LogP contribution in [0.5, 0.6) is 11.5 Å². The highest BCUT2D eigenvalue weighted by molar-refractivity contribution is 6.03. The fraction of sp³-hybridized carbons (Fsp3) is 0.227. The second-order valence-electron chi connectivity index (χ2n) is 6.40. The summed E-state index contributed by atoms with van der Waals surface area (Å²) in [6.07, 6.45) is 5.31. The molecule has 0 radical (unpaired) electrons. The highest BCUT2D eigenvalue weighted by atomic mass is 16.5. The maximum atomic E-state index is 12.6. The summed E-state index contributed by atoms with van der Waals surface area (Å²) in [5.74, 6) is 1.67. The van der Waals surface area contributed by atoms with Crippen molar-refractivity contribution in [1.29, 1.82) is 0 Å². The second kappa shape index (κ2) is 9.50. The molecule has 0 aliphatic rings. The van der Waals surface area contributed by atoms with Crippen molar-refractivity contribution < 1.29 is 9.53 Å². The third kappa shape index (κ3) is 5.07. The zero-order valence-corrected chi connectivity index (χ0v) is 16.1. The highest BCUT2D eigenvalue weighted by Gasteiger charge is 2.13. The predicted molar refractivity (Wildman–Crippen MR) is 111 cm³/mol. The van der Waals surface area contributed by atoms with Gasteiger partial charge in [-0.25, -0.2) is 9.97 Å². The van der Waals surface area contributed by atoms with E-state index < -0.39 is 0 Å². The van der Waals surface area contributed by atoms with Crippen LogP contribution >= 0.6 is 0 Å². The summed E-state index contributed by atoms with van der Waals surface area (Å²) in [6.45, 7) is 3.05. The third-order valence-corrected chi connectivity index (χ3v) is 4.22. The molecule has 3 aromatic rings.